The molecule has 1 aromatic heterocycles. The largest absolute Gasteiger partial charge is 0.478 e. The van der Waals surface area contributed by atoms with E-state index in [1.54, 1.807) is 24.3 Å². The Balaban J connectivity index is 1.42. The fourth-order valence-corrected chi connectivity index (χ4v) is 4.29. The number of carbonyl (C=O) groups is 3. The van der Waals surface area contributed by atoms with Crippen molar-refractivity contribution in [2.45, 2.75) is 39.6 Å². The molecule has 1 heterocycles. The van der Waals surface area contributed by atoms with Crippen LogP contribution in [-0.2, 0) is 29.2 Å². The molecule has 0 aliphatic carbocycles. The van der Waals surface area contributed by atoms with Gasteiger partial charge in [-0.15, -0.1) is 0 Å². The zero-order valence-electron chi connectivity index (χ0n) is 24.7. The number of alkyl carbamates (subject to hydrolysis) is 1. The van der Waals surface area contributed by atoms with Gasteiger partial charge in [0.25, 0.3) is 5.56 Å². The van der Waals surface area contributed by atoms with Crippen molar-refractivity contribution in [3.05, 3.63) is 112 Å². The summed E-state index contributed by atoms with van der Waals surface area (Å²) in [6.07, 6.45) is 0.633. The van der Waals surface area contributed by atoms with Crippen LogP contribution in [-0.4, -0.2) is 44.5 Å². The van der Waals surface area contributed by atoms with Gasteiger partial charge in [-0.25, -0.2) is 14.6 Å². The first-order chi connectivity index (χ1) is 21.5. The third kappa shape index (κ3) is 8.76. The van der Waals surface area contributed by atoms with Gasteiger partial charge in [0, 0.05) is 29.4 Å². The molecule has 0 atom stereocenters. The Kier molecular flexibility index (Phi) is 10.3. The number of carbonyl (C=O) groups excluding carboxylic acids is 2. The van der Waals surface area contributed by atoms with Crippen LogP contribution in [0.4, 0.5) is 16.3 Å². The van der Waals surface area contributed by atoms with Crippen molar-refractivity contribution >= 4 is 35.3 Å². The lowest BCUT2D eigenvalue weighted by molar-refractivity contribution is -0.121. The van der Waals surface area contributed by atoms with E-state index in [0.717, 1.165) is 5.56 Å². The third-order valence-corrected chi connectivity index (χ3v) is 6.45. The van der Waals surface area contributed by atoms with Gasteiger partial charge in [-0.3, -0.25) is 24.9 Å². The van der Waals surface area contributed by atoms with Crippen LogP contribution in [0, 0.1) is 5.41 Å². The number of nitrogens with one attached hydrogen (secondary N) is 4. The summed E-state index contributed by atoms with van der Waals surface area (Å²) in [5.41, 5.74) is 7.95. The summed E-state index contributed by atoms with van der Waals surface area (Å²) in [6.45, 7) is 3.49. The van der Waals surface area contributed by atoms with Crippen LogP contribution in [0.3, 0.4) is 0 Å². The van der Waals surface area contributed by atoms with Crippen LogP contribution < -0.4 is 27.2 Å². The molecule has 0 saturated heterocycles. The summed E-state index contributed by atoms with van der Waals surface area (Å²) in [7, 11) is 0. The van der Waals surface area contributed by atoms with Crippen molar-refractivity contribution in [3.63, 3.8) is 0 Å². The molecular formula is C32H33N7O6. The molecule has 2 amide bonds. The van der Waals surface area contributed by atoms with E-state index in [0.29, 0.717) is 16.7 Å². The van der Waals surface area contributed by atoms with Gasteiger partial charge in [-0.1, -0.05) is 54.6 Å². The average molecular weight is 612 g/mol. The van der Waals surface area contributed by atoms with E-state index in [4.69, 9.17) is 15.9 Å². The molecule has 13 nitrogen and oxygen atoms in total. The second kappa shape index (κ2) is 14.5. The maximum Gasteiger partial charge on any atom is 0.413 e. The Hall–Kier alpha value is -5.98. The SMILES string of the molecule is CC(C)Nc1ncc(-c2cc(N)cc(C(=O)O)c2)n(CC(=O)NCc2ccc(C(=N)NC(=O)OCc3ccccc3)cc2)c1=O. The van der Waals surface area contributed by atoms with Gasteiger partial charge in [0.2, 0.25) is 5.91 Å². The number of carboxylic acid groups (broad SMARTS) is 1. The van der Waals surface area contributed by atoms with Crippen molar-refractivity contribution in [3.8, 4) is 11.3 Å². The minimum Gasteiger partial charge on any atom is -0.478 e. The molecule has 4 rings (SSSR count). The Labute approximate surface area is 258 Å². The lowest BCUT2D eigenvalue weighted by Gasteiger charge is -2.17. The number of benzene rings is 3. The molecule has 3 aromatic carbocycles. The number of aromatic nitrogens is 2. The standard InChI is InChI=1S/C32H33N7O6/c1-19(2)37-29-30(41)39(26(16-36-29)23-12-24(31(42)43)14-25(33)13-23)17-27(40)35-15-20-8-10-22(11-9-20)28(34)38-32(44)45-18-21-6-4-3-5-7-21/h3-14,16,19H,15,17-18,33H2,1-2H3,(H,35,40)(H,36,37)(H,42,43)(H2,34,38,44). The number of ether oxygens (including phenoxy) is 1. The van der Waals surface area contributed by atoms with E-state index < -0.39 is 23.5 Å². The van der Waals surface area contributed by atoms with Crippen LogP contribution in [0.1, 0.15) is 40.9 Å². The maximum atomic E-state index is 13.4. The highest BCUT2D eigenvalue weighted by atomic mass is 16.5. The van der Waals surface area contributed by atoms with E-state index in [2.05, 4.69) is 20.9 Å². The highest BCUT2D eigenvalue weighted by molar-refractivity contribution is 6.04. The number of hydrogen-bond donors (Lipinski definition) is 6. The predicted octanol–water partition coefficient (Wildman–Crippen LogP) is 3.58. The lowest BCUT2D eigenvalue weighted by Crippen LogP contribution is -2.35. The zero-order valence-corrected chi connectivity index (χ0v) is 24.7. The van der Waals surface area contributed by atoms with E-state index >= 15 is 0 Å². The zero-order chi connectivity index (χ0) is 32.5. The van der Waals surface area contributed by atoms with Gasteiger partial charge >= 0.3 is 12.1 Å². The number of nitrogens with two attached hydrogens (primary N) is 1. The van der Waals surface area contributed by atoms with Gasteiger partial charge in [0.15, 0.2) is 5.82 Å². The smallest absolute Gasteiger partial charge is 0.413 e. The van der Waals surface area contributed by atoms with Crippen molar-refractivity contribution in [2.24, 2.45) is 0 Å². The van der Waals surface area contributed by atoms with Crippen LogP contribution in [0.15, 0.2) is 83.8 Å². The van der Waals surface area contributed by atoms with Crippen LogP contribution in [0.5, 0.6) is 0 Å². The van der Waals surface area contributed by atoms with Gasteiger partial charge in [-0.2, -0.15) is 0 Å². The number of rotatable bonds is 11. The van der Waals surface area contributed by atoms with Crippen molar-refractivity contribution in [1.82, 2.24) is 20.2 Å². The van der Waals surface area contributed by atoms with E-state index in [-0.39, 0.29) is 54.3 Å². The molecule has 0 spiro atoms. The highest BCUT2D eigenvalue weighted by Gasteiger charge is 2.18. The van der Waals surface area contributed by atoms with Crippen LogP contribution in [0.2, 0.25) is 0 Å². The summed E-state index contributed by atoms with van der Waals surface area (Å²) in [4.78, 5) is 54.3. The molecule has 0 bridgehead atoms. The minimum atomic E-state index is -1.19. The molecule has 45 heavy (non-hydrogen) atoms. The highest BCUT2D eigenvalue weighted by Crippen LogP contribution is 2.23. The van der Waals surface area contributed by atoms with Crippen LogP contribution >= 0.6 is 0 Å². The number of anilines is 2. The van der Waals surface area contributed by atoms with E-state index in [9.17, 15) is 24.3 Å². The summed E-state index contributed by atoms with van der Waals surface area (Å²) >= 11 is 0. The first kappa shape index (κ1) is 31.9. The van der Waals surface area contributed by atoms with Crippen molar-refractivity contribution < 1.29 is 24.2 Å². The molecule has 4 aromatic rings. The first-order valence-electron chi connectivity index (χ1n) is 13.9. The number of carboxylic acids is 1. The Morgan fingerprint density at radius 2 is 1.71 bits per heavy atom. The summed E-state index contributed by atoms with van der Waals surface area (Å²) < 4.78 is 6.36. The maximum absolute atomic E-state index is 13.4. The topological polar surface area (TPSA) is 202 Å². The Morgan fingerprint density at radius 3 is 2.38 bits per heavy atom. The third-order valence-electron chi connectivity index (χ3n) is 6.45. The normalized spacial score (nSPS) is 10.6. The molecule has 0 aliphatic rings. The van der Waals surface area contributed by atoms with Crippen LogP contribution in [0.25, 0.3) is 11.3 Å². The number of amidine groups is 1. The summed E-state index contributed by atoms with van der Waals surface area (Å²) in [5.74, 6) is -1.78. The number of nitrogens with zero attached hydrogens (tertiary/aromatic N) is 2. The quantitative estimate of drug-likeness (QED) is 0.0833. The first-order valence-corrected chi connectivity index (χ1v) is 13.9. The molecule has 0 radical (unpaired) electrons. The number of hydrogen-bond acceptors (Lipinski definition) is 9. The predicted molar refractivity (Wildman–Crippen MR) is 169 cm³/mol. The molecule has 0 fully saturated rings. The van der Waals surface area contributed by atoms with Gasteiger partial charge < -0.3 is 26.2 Å². The van der Waals surface area contributed by atoms with E-state index in [1.165, 1.54) is 29.0 Å². The molecule has 13 heteroatoms. The Morgan fingerprint density at radius 1 is 1.00 bits per heavy atom. The Bertz CT molecular complexity index is 1770. The lowest BCUT2D eigenvalue weighted by atomic mass is 10.1. The molecular weight excluding hydrogens is 578 g/mol. The van der Waals surface area contributed by atoms with Gasteiger partial charge in [0.1, 0.15) is 19.0 Å². The van der Waals surface area contributed by atoms with E-state index in [1.807, 2.05) is 44.2 Å². The van der Waals surface area contributed by atoms with Gasteiger partial charge in [0.05, 0.1) is 17.5 Å². The fourth-order valence-electron chi connectivity index (χ4n) is 4.29. The summed E-state index contributed by atoms with van der Waals surface area (Å²) in [6, 6.07) is 19.8. The molecule has 232 valence electrons. The molecule has 7 N–H and O–H groups in total. The molecule has 0 aliphatic heterocycles. The molecule has 0 saturated carbocycles. The van der Waals surface area contributed by atoms with Crippen molar-refractivity contribution in [2.75, 3.05) is 11.1 Å². The number of aromatic carboxylic acids is 1. The van der Waals surface area contributed by atoms with Crippen molar-refractivity contribution in [1.29, 1.82) is 5.41 Å². The minimum absolute atomic E-state index is 0.0412. The number of amides is 2. The second-order valence-corrected chi connectivity index (χ2v) is 10.4. The van der Waals surface area contributed by atoms with Gasteiger partial charge in [-0.05, 0) is 43.2 Å². The monoisotopic (exact) mass is 611 g/mol. The fraction of sp³-hybridized carbons (Fsp3) is 0.188. The average Bonchev–Trinajstić information content (AvgIpc) is 3.01. The number of nitrogen functional groups attached to an aromatic ring is 1. The summed E-state index contributed by atoms with van der Waals surface area (Å²) in [5, 5.41) is 25.7. The second-order valence-electron chi connectivity index (χ2n) is 10.4. The molecule has 0 unspecified atom stereocenters.